The third-order valence-electron chi connectivity index (χ3n) is 3.98. The summed E-state index contributed by atoms with van der Waals surface area (Å²) in [6.45, 7) is 4.18. The minimum atomic E-state index is -0.0185. The number of aromatic nitrogens is 2. The first-order chi connectivity index (χ1) is 9.71. The highest BCUT2D eigenvalue weighted by Gasteiger charge is 2.34. The van der Waals surface area contributed by atoms with Gasteiger partial charge in [0.05, 0.1) is 7.11 Å². The van der Waals surface area contributed by atoms with Gasteiger partial charge in [-0.2, -0.15) is 4.98 Å². The summed E-state index contributed by atoms with van der Waals surface area (Å²) >= 11 is 0. The van der Waals surface area contributed by atoms with Crippen molar-refractivity contribution in [2.45, 2.75) is 25.2 Å². The molecule has 20 heavy (non-hydrogen) atoms. The maximum atomic E-state index is 5.51. The Morgan fingerprint density at radius 1 is 1.30 bits per heavy atom. The van der Waals surface area contributed by atoms with Gasteiger partial charge >= 0.3 is 0 Å². The zero-order valence-corrected chi connectivity index (χ0v) is 11.8. The molecule has 0 saturated carbocycles. The largest absolute Gasteiger partial charge is 0.497 e. The van der Waals surface area contributed by atoms with Crippen molar-refractivity contribution in [3.8, 4) is 17.1 Å². The van der Waals surface area contributed by atoms with Gasteiger partial charge in [0.25, 0.3) is 0 Å². The average Bonchev–Trinajstić information content (AvgIpc) is 2.99. The van der Waals surface area contributed by atoms with E-state index in [0.717, 1.165) is 43.1 Å². The summed E-state index contributed by atoms with van der Waals surface area (Å²) in [6.07, 6.45) is 2.04. The van der Waals surface area contributed by atoms with Crippen molar-refractivity contribution in [3.63, 3.8) is 0 Å². The molecule has 0 aliphatic carbocycles. The molecule has 1 aliphatic heterocycles. The Hall–Kier alpha value is -1.88. The highest BCUT2D eigenvalue weighted by atomic mass is 16.5. The summed E-state index contributed by atoms with van der Waals surface area (Å²) in [7, 11) is 1.65. The van der Waals surface area contributed by atoms with E-state index >= 15 is 0 Å². The number of piperidine rings is 1. The highest BCUT2D eigenvalue weighted by molar-refractivity contribution is 5.56. The molecular formula is C15H19N3O2. The zero-order chi connectivity index (χ0) is 14.0. The van der Waals surface area contributed by atoms with Crippen molar-refractivity contribution >= 4 is 0 Å². The monoisotopic (exact) mass is 273 g/mol. The van der Waals surface area contributed by atoms with Crippen LogP contribution < -0.4 is 10.1 Å². The molecule has 0 bridgehead atoms. The minimum Gasteiger partial charge on any atom is -0.497 e. The summed E-state index contributed by atoms with van der Waals surface area (Å²) < 4.78 is 10.7. The fourth-order valence-corrected chi connectivity index (χ4v) is 2.54. The summed E-state index contributed by atoms with van der Waals surface area (Å²) in [5.41, 5.74) is 0.895. The molecule has 5 nitrogen and oxygen atoms in total. The molecule has 5 heteroatoms. The van der Waals surface area contributed by atoms with E-state index in [2.05, 4.69) is 22.4 Å². The van der Waals surface area contributed by atoms with Crippen LogP contribution in [0.25, 0.3) is 11.4 Å². The van der Waals surface area contributed by atoms with Crippen molar-refractivity contribution in [2.24, 2.45) is 0 Å². The quantitative estimate of drug-likeness (QED) is 0.930. The van der Waals surface area contributed by atoms with Crippen LogP contribution >= 0.6 is 0 Å². The first kappa shape index (κ1) is 13.1. The molecule has 0 unspecified atom stereocenters. The fraction of sp³-hybridized carbons (Fsp3) is 0.467. The number of rotatable bonds is 3. The molecule has 106 valence electrons. The second-order valence-corrected chi connectivity index (χ2v) is 5.47. The Morgan fingerprint density at radius 3 is 2.85 bits per heavy atom. The number of nitrogens with one attached hydrogen (secondary N) is 1. The molecule has 1 aliphatic rings. The van der Waals surface area contributed by atoms with Crippen molar-refractivity contribution in [1.29, 1.82) is 0 Å². The summed E-state index contributed by atoms with van der Waals surface area (Å²) in [4.78, 5) is 4.59. The van der Waals surface area contributed by atoms with Gasteiger partial charge in [0, 0.05) is 11.0 Å². The maximum Gasteiger partial charge on any atom is 0.232 e. The van der Waals surface area contributed by atoms with E-state index in [9.17, 15) is 0 Å². The topological polar surface area (TPSA) is 60.2 Å². The van der Waals surface area contributed by atoms with E-state index in [1.165, 1.54) is 0 Å². The van der Waals surface area contributed by atoms with E-state index in [-0.39, 0.29) is 5.41 Å². The van der Waals surface area contributed by atoms with Gasteiger partial charge in [0.1, 0.15) is 5.75 Å². The first-order valence-corrected chi connectivity index (χ1v) is 6.91. The van der Waals surface area contributed by atoms with Crippen molar-refractivity contribution < 1.29 is 9.26 Å². The molecule has 1 aromatic heterocycles. The van der Waals surface area contributed by atoms with Gasteiger partial charge in [-0.1, -0.05) is 24.2 Å². The average molecular weight is 273 g/mol. The fourth-order valence-electron chi connectivity index (χ4n) is 2.54. The Morgan fingerprint density at radius 2 is 2.10 bits per heavy atom. The smallest absolute Gasteiger partial charge is 0.232 e. The molecule has 2 aromatic rings. The van der Waals surface area contributed by atoms with E-state index in [1.54, 1.807) is 7.11 Å². The van der Waals surface area contributed by atoms with Crippen LogP contribution in [0.2, 0.25) is 0 Å². The summed E-state index contributed by atoms with van der Waals surface area (Å²) in [5, 5.41) is 7.48. The van der Waals surface area contributed by atoms with E-state index in [1.807, 2.05) is 24.3 Å². The predicted molar refractivity (Wildman–Crippen MR) is 75.7 cm³/mol. The van der Waals surface area contributed by atoms with Crippen molar-refractivity contribution in [3.05, 3.63) is 30.2 Å². The third-order valence-corrected chi connectivity index (χ3v) is 3.98. The van der Waals surface area contributed by atoms with Gasteiger partial charge in [-0.05, 0) is 38.1 Å². The molecule has 1 N–H and O–H groups in total. The van der Waals surface area contributed by atoms with Crippen LogP contribution in [0, 0.1) is 0 Å². The molecule has 2 heterocycles. The molecule has 1 fully saturated rings. The molecular weight excluding hydrogens is 254 g/mol. The number of nitrogens with zero attached hydrogens (tertiary/aromatic N) is 2. The number of methoxy groups -OCH3 is 1. The zero-order valence-electron chi connectivity index (χ0n) is 11.8. The SMILES string of the molecule is COc1cccc(-c2noc(C3(C)CCNCC3)n2)c1. The highest BCUT2D eigenvalue weighted by Crippen LogP contribution is 2.33. The van der Waals surface area contributed by atoms with Gasteiger partial charge in [0.15, 0.2) is 0 Å². The summed E-state index contributed by atoms with van der Waals surface area (Å²) in [6, 6.07) is 7.70. The Balaban J connectivity index is 1.89. The van der Waals surface area contributed by atoms with Crippen LogP contribution in [0.1, 0.15) is 25.7 Å². The Bertz CT molecular complexity index is 588. The van der Waals surface area contributed by atoms with E-state index in [4.69, 9.17) is 9.26 Å². The molecule has 0 atom stereocenters. The number of hydrogen-bond acceptors (Lipinski definition) is 5. The lowest BCUT2D eigenvalue weighted by Crippen LogP contribution is -2.37. The molecule has 1 saturated heterocycles. The third kappa shape index (κ3) is 2.41. The summed E-state index contributed by atoms with van der Waals surface area (Å²) in [5.74, 6) is 2.15. The van der Waals surface area contributed by atoms with Crippen LogP contribution in [0.15, 0.2) is 28.8 Å². The van der Waals surface area contributed by atoms with Gasteiger partial charge in [0.2, 0.25) is 11.7 Å². The molecule has 0 radical (unpaired) electrons. The molecule has 1 aromatic carbocycles. The van der Waals surface area contributed by atoms with Crippen LogP contribution in [-0.4, -0.2) is 30.3 Å². The standard InChI is InChI=1S/C15H19N3O2/c1-15(6-8-16-9-7-15)14-17-13(18-20-14)11-4-3-5-12(10-11)19-2/h3-5,10,16H,6-9H2,1-2H3. The lowest BCUT2D eigenvalue weighted by atomic mass is 9.81. The number of ether oxygens (including phenoxy) is 1. The van der Waals surface area contributed by atoms with Crippen LogP contribution in [0.4, 0.5) is 0 Å². The van der Waals surface area contributed by atoms with Gasteiger partial charge in [-0.3, -0.25) is 0 Å². The lowest BCUT2D eigenvalue weighted by molar-refractivity contribution is 0.241. The second kappa shape index (κ2) is 5.25. The van der Waals surface area contributed by atoms with E-state index in [0.29, 0.717) is 5.82 Å². The van der Waals surface area contributed by atoms with Gasteiger partial charge < -0.3 is 14.6 Å². The number of benzene rings is 1. The van der Waals surface area contributed by atoms with E-state index < -0.39 is 0 Å². The Labute approximate surface area is 118 Å². The van der Waals surface area contributed by atoms with Gasteiger partial charge in [-0.25, -0.2) is 0 Å². The Kier molecular flexibility index (Phi) is 3.44. The maximum absolute atomic E-state index is 5.51. The van der Waals surface area contributed by atoms with Crippen molar-refractivity contribution in [2.75, 3.05) is 20.2 Å². The number of hydrogen-bond donors (Lipinski definition) is 1. The second-order valence-electron chi connectivity index (χ2n) is 5.47. The van der Waals surface area contributed by atoms with Crippen LogP contribution in [-0.2, 0) is 5.41 Å². The molecule has 0 spiro atoms. The predicted octanol–water partition coefficient (Wildman–Crippen LogP) is 2.39. The molecule has 3 rings (SSSR count). The first-order valence-electron chi connectivity index (χ1n) is 6.91. The molecule has 0 amide bonds. The van der Waals surface area contributed by atoms with Crippen molar-refractivity contribution in [1.82, 2.24) is 15.5 Å². The van der Waals surface area contributed by atoms with Crippen LogP contribution in [0.3, 0.4) is 0 Å². The van der Waals surface area contributed by atoms with Gasteiger partial charge in [-0.15, -0.1) is 0 Å². The minimum absolute atomic E-state index is 0.0185. The van der Waals surface area contributed by atoms with Crippen LogP contribution in [0.5, 0.6) is 5.75 Å². The normalized spacial score (nSPS) is 17.9. The lowest BCUT2D eigenvalue weighted by Gasteiger charge is -2.30.